The van der Waals surface area contributed by atoms with E-state index in [-0.39, 0.29) is 0 Å². The van der Waals surface area contributed by atoms with Gasteiger partial charge in [0.2, 0.25) is 0 Å². The molecule has 0 saturated heterocycles. The van der Waals surface area contributed by atoms with Crippen LogP contribution in [0.15, 0.2) is 40.9 Å². The second kappa shape index (κ2) is 5.44. The van der Waals surface area contributed by atoms with Gasteiger partial charge in [0.05, 0.1) is 7.11 Å². The zero-order valence-electron chi connectivity index (χ0n) is 10.8. The average Bonchev–Trinajstić information content (AvgIpc) is 2.34. The lowest BCUT2D eigenvalue weighted by molar-refractivity contribution is 0.415. The number of methoxy groups -OCH3 is 1. The van der Waals surface area contributed by atoms with Crippen molar-refractivity contribution in [3.63, 3.8) is 0 Å². The average molecular weight is 306 g/mol. The minimum atomic E-state index is 0.854. The van der Waals surface area contributed by atoms with Crippen molar-refractivity contribution in [3.05, 3.63) is 52.0 Å². The van der Waals surface area contributed by atoms with Crippen LogP contribution >= 0.6 is 15.9 Å². The van der Waals surface area contributed by atoms with Crippen molar-refractivity contribution in [3.8, 4) is 5.75 Å². The van der Waals surface area contributed by atoms with E-state index in [0.717, 1.165) is 21.6 Å². The predicted molar refractivity (Wildman–Crippen MR) is 79.9 cm³/mol. The van der Waals surface area contributed by atoms with E-state index in [1.807, 2.05) is 24.3 Å². The summed E-state index contributed by atoms with van der Waals surface area (Å²) in [4.78, 5) is 0. The molecule has 2 rings (SSSR count). The smallest absolute Gasteiger partial charge is 0.120 e. The van der Waals surface area contributed by atoms with Crippen LogP contribution in [0, 0.1) is 13.8 Å². The maximum Gasteiger partial charge on any atom is 0.120 e. The van der Waals surface area contributed by atoms with Gasteiger partial charge >= 0.3 is 0 Å². The fraction of sp³-hybridized carbons (Fsp3) is 0.200. The third kappa shape index (κ3) is 2.85. The molecule has 0 fully saturated rings. The molecular weight excluding hydrogens is 290 g/mol. The third-order valence-electron chi connectivity index (χ3n) is 2.84. The van der Waals surface area contributed by atoms with Crippen molar-refractivity contribution in [1.82, 2.24) is 0 Å². The zero-order valence-corrected chi connectivity index (χ0v) is 12.3. The molecule has 0 atom stereocenters. The van der Waals surface area contributed by atoms with Gasteiger partial charge in [-0.05, 0) is 49.2 Å². The second-order valence-corrected chi connectivity index (χ2v) is 5.19. The molecule has 1 N–H and O–H groups in total. The third-order valence-corrected chi connectivity index (χ3v) is 3.29. The molecule has 0 aliphatic heterocycles. The number of nitrogens with one attached hydrogen (secondary N) is 1. The summed E-state index contributed by atoms with van der Waals surface area (Å²) in [5.74, 6) is 0.854. The summed E-state index contributed by atoms with van der Waals surface area (Å²) in [5, 5.41) is 3.44. The van der Waals surface area contributed by atoms with Gasteiger partial charge in [0.25, 0.3) is 0 Å². The first kappa shape index (κ1) is 13.0. The van der Waals surface area contributed by atoms with Gasteiger partial charge in [-0.25, -0.2) is 0 Å². The first-order chi connectivity index (χ1) is 8.60. The maximum atomic E-state index is 5.22. The number of anilines is 2. The largest absolute Gasteiger partial charge is 0.497 e. The number of ether oxygens (including phenoxy) is 1. The number of hydrogen-bond donors (Lipinski definition) is 1. The van der Waals surface area contributed by atoms with Crippen molar-refractivity contribution < 1.29 is 4.74 Å². The maximum absolute atomic E-state index is 5.22. The highest BCUT2D eigenvalue weighted by molar-refractivity contribution is 9.10. The van der Waals surface area contributed by atoms with Gasteiger partial charge in [-0.1, -0.05) is 22.0 Å². The summed E-state index contributed by atoms with van der Waals surface area (Å²) in [6.07, 6.45) is 0. The van der Waals surface area contributed by atoms with Gasteiger partial charge in [-0.15, -0.1) is 0 Å². The van der Waals surface area contributed by atoms with Crippen molar-refractivity contribution in [1.29, 1.82) is 0 Å². The molecule has 0 unspecified atom stereocenters. The van der Waals surface area contributed by atoms with Crippen LogP contribution in [0.5, 0.6) is 5.75 Å². The zero-order chi connectivity index (χ0) is 13.1. The standard InChI is InChI=1S/C15H16BrNO/c1-10-7-12(16)8-11(2)15(10)17-13-5-4-6-14(9-13)18-3/h4-9,17H,1-3H3. The van der Waals surface area contributed by atoms with Gasteiger partial charge < -0.3 is 10.1 Å². The fourth-order valence-corrected chi connectivity index (χ4v) is 2.64. The second-order valence-electron chi connectivity index (χ2n) is 4.27. The monoisotopic (exact) mass is 305 g/mol. The molecule has 0 spiro atoms. The Bertz CT molecular complexity index is 543. The van der Waals surface area contributed by atoms with Crippen molar-refractivity contribution in [2.24, 2.45) is 0 Å². The Kier molecular flexibility index (Phi) is 3.92. The highest BCUT2D eigenvalue weighted by Crippen LogP contribution is 2.29. The molecule has 0 aliphatic carbocycles. The number of aryl methyl sites for hydroxylation is 2. The van der Waals surface area contributed by atoms with Gasteiger partial charge in [0, 0.05) is 21.9 Å². The SMILES string of the molecule is COc1cccc(Nc2c(C)cc(Br)cc2C)c1. The molecule has 2 aromatic carbocycles. The summed E-state index contributed by atoms with van der Waals surface area (Å²) < 4.78 is 6.33. The Morgan fingerprint density at radius 2 is 1.72 bits per heavy atom. The highest BCUT2D eigenvalue weighted by atomic mass is 79.9. The van der Waals surface area contributed by atoms with Crippen LogP contribution < -0.4 is 10.1 Å². The summed E-state index contributed by atoms with van der Waals surface area (Å²) in [7, 11) is 1.68. The van der Waals surface area contributed by atoms with Gasteiger partial charge in [-0.3, -0.25) is 0 Å². The first-order valence-corrected chi connectivity index (χ1v) is 6.57. The lowest BCUT2D eigenvalue weighted by Crippen LogP contribution is -1.96. The van der Waals surface area contributed by atoms with Crippen LogP contribution in [0.1, 0.15) is 11.1 Å². The molecule has 2 aromatic rings. The van der Waals surface area contributed by atoms with E-state index in [0.29, 0.717) is 0 Å². The van der Waals surface area contributed by atoms with Gasteiger partial charge in [0.1, 0.15) is 5.75 Å². The molecule has 94 valence electrons. The Hall–Kier alpha value is -1.48. The van der Waals surface area contributed by atoms with Crippen LogP contribution in [-0.2, 0) is 0 Å². The van der Waals surface area contributed by atoms with E-state index >= 15 is 0 Å². The van der Waals surface area contributed by atoms with Gasteiger partial charge in [-0.2, -0.15) is 0 Å². The molecule has 0 bridgehead atoms. The Labute approximate surface area is 116 Å². The Balaban J connectivity index is 2.33. The van der Waals surface area contributed by atoms with E-state index in [2.05, 4.69) is 47.2 Å². The van der Waals surface area contributed by atoms with E-state index in [1.54, 1.807) is 7.11 Å². The van der Waals surface area contributed by atoms with Crippen LogP contribution in [0.3, 0.4) is 0 Å². The molecule has 18 heavy (non-hydrogen) atoms. The normalized spacial score (nSPS) is 10.2. The topological polar surface area (TPSA) is 21.3 Å². The lowest BCUT2D eigenvalue weighted by Gasteiger charge is -2.14. The summed E-state index contributed by atoms with van der Waals surface area (Å²) in [6.45, 7) is 4.19. The molecular formula is C15H16BrNO. The quantitative estimate of drug-likeness (QED) is 0.878. The highest BCUT2D eigenvalue weighted by Gasteiger charge is 2.05. The molecule has 0 aliphatic rings. The summed E-state index contributed by atoms with van der Waals surface area (Å²) in [5.41, 5.74) is 4.60. The molecule has 0 radical (unpaired) electrons. The summed E-state index contributed by atoms with van der Waals surface area (Å²) >= 11 is 3.51. The number of halogens is 1. The number of benzene rings is 2. The number of rotatable bonds is 3. The molecule has 2 nitrogen and oxygen atoms in total. The minimum Gasteiger partial charge on any atom is -0.497 e. The van der Waals surface area contributed by atoms with Crippen molar-refractivity contribution >= 4 is 27.3 Å². The van der Waals surface area contributed by atoms with Crippen LogP contribution in [0.25, 0.3) is 0 Å². The van der Waals surface area contributed by atoms with E-state index < -0.39 is 0 Å². The van der Waals surface area contributed by atoms with E-state index in [1.165, 1.54) is 11.1 Å². The number of hydrogen-bond acceptors (Lipinski definition) is 2. The molecule has 3 heteroatoms. The van der Waals surface area contributed by atoms with E-state index in [4.69, 9.17) is 4.74 Å². The van der Waals surface area contributed by atoms with Crippen LogP contribution in [0.2, 0.25) is 0 Å². The van der Waals surface area contributed by atoms with Gasteiger partial charge in [0.15, 0.2) is 0 Å². The minimum absolute atomic E-state index is 0.854. The molecule has 0 saturated carbocycles. The van der Waals surface area contributed by atoms with E-state index in [9.17, 15) is 0 Å². The van der Waals surface area contributed by atoms with Crippen LogP contribution in [0.4, 0.5) is 11.4 Å². The molecule has 0 amide bonds. The fourth-order valence-electron chi connectivity index (χ4n) is 1.95. The Morgan fingerprint density at radius 3 is 2.33 bits per heavy atom. The lowest BCUT2D eigenvalue weighted by atomic mass is 10.1. The first-order valence-electron chi connectivity index (χ1n) is 5.78. The van der Waals surface area contributed by atoms with Crippen molar-refractivity contribution in [2.45, 2.75) is 13.8 Å². The summed E-state index contributed by atoms with van der Waals surface area (Å²) in [6, 6.07) is 12.1. The molecule has 0 aromatic heterocycles. The van der Waals surface area contributed by atoms with Crippen molar-refractivity contribution in [2.75, 3.05) is 12.4 Å². The predicted octanol–water partition coefficient (Wildman–Crippen LogP) is 4.82. The molecule has 0 heterocycles. The Morgan fingerprint density at radius 1 is 1.06 bits per heavy atom. The van der Waals surface area contributed by atoms with Crippen LogP contribution in [-0.4, -0.2) is 7.11 Å².